The summed E-state index contributed by atoms with van der Waals surface area (Å²) in [7, 11) is -5.09. The third-order valence-corrected chi connectivity index (χ3v) is 6.78. The van der Waals surface area contributed by atoms with Gasteiger partial charge in [-0.25, -0.2) is 13.2 Å². The topological polar surface area (TPSA) is 104 Å². The molecule has 140 valence electrons. The van der Waals surface area contributed by atoms with E-state index in [1.54, 1.807) is 19.1 Å². The van der Waals surface area contributed by atoms with Gasteiger partial charge in [-0.05, 0) is 32.8 Å². The summed E-state index contributed by atoms with van der Waals surface area (Å²) in [6, 6.07) is 5.35. The summed E-state index contributed by atoms with van der Waals surface area (Å²) in [5.41, 5.74) is -0.401. The number of hydrogen-bond donors (Lipinski definition) is 1. The number of nitrogens with zero attached hydrogens (tertiary/aromatic N) is 2. The molecule has 2 aliphatic heterocycles. The third kappa shape index (κ3) is 2.82. The Labute approximate surface area is 152 Å². The summed E-state index contributed by atoms with van der Waals surface area (Å²) in [6.45, 7) is 4.98. The maximum absolute atomic E-state index is 12.9. The Kier molecular flexibility index (Phi) is 4.62. The van der Waals surface area contributed by atoms with E-state index in [4.69, 9.17) is 4.74 Å². The molecule has 3 atom stereocenters. The summed E-state index contributed by atoms with van der Waals surface area (Å²) in [4.78, 5) is 26.1. The monoisotopic (exact) mass is 380 g/mol. The zero-order chi connectivity index (χ0) is 19.3. The fraction of sp³-hybridized carbons (Fsp3) is 0.500. The average Bonchev–Trinajstić information content (AvgIpc) is 3.23. The highest BCUT2D eigenvalue weighted by Gasteiger charge is 2.71. The van der Waals surface area contributed by atoms with Gasteiger partial charge < -0.3 is 14.6 Å². The number of sulfonamides is 1. The number of benzene rings is 1. The molecule has 0 radical (unpaired) electrons. The molecule has 0 aromatic heterocycles. The minimum absolute atomic E-state index is 0.0127. The fourth-order valence-corrected chi connectivity index (χ4v) is 5.18. The lowest BCUT2D eigenvalue weighted by molar-refractivity contribution is -0.149. The zero-order valence-corrected chi connectivity index (χ0v) is 15.7. The first kappa shape index (κ1) is 18.9. The number of carbonyl (C=O) groups excluding carboxylic acids is 2. The van der Waals surface area contributed by atoms with Gasteiger partial charge in [0.15, 0.2) is 0 Å². The predicted octanol–water partition coefficient (Wildman–Crippen LogP) is 0.0124. The highest BCUT2D eigenvalue weighted by atomic mass is 32.2. The second kappa shape index (κ2) is 6.36. The van der Waals surface area contributed by atoms with E-state index in [1.807, 2.05) is 6.92 Å². The summed E-state index contributed by atoms with van der Waals surface area (Å²) >= 11 is 0. The lowest BCUT2D eigenvalue weighted by Crippen LogP contribution is -2.49. The van der Waals surface area contributed by atoms with E-state index in [0.717, 1.165) is 14.7 Å². The quantitative estimate of drug-likeness (QED) is 0.439. The van der Waals surface area contributed by atoms with Crippen molar-refractivity contribution in [2.75, 3.05) is 13.2 Å². The molecular weight excluding hydrogens is 359 g/mol. The summed E-state index contributed by atoms with van der Waals surface area (Å²) in [5, 5.41) is 9.94. The standard InChI is InChI=1S/C16H21BN2O6S/c1-4-25-14(20)13-9-16(15(21)19(13)17(3)22)10-18(16)26(23,24)12-7-5-11(2)6-8-12/h5-8,13,22H,4,9-10H2,1-3H3/t13-,16+,18+/m1/s1. The number of aryl methyl sites for hydroxylation is 1. The number of amides is 1. The molecule has 2 aliphatic rings. The van der Waals surface area contributed by atoms with E-state index in [0.29, 0.717) is 0 Å². The molecule has 2 saturated heterocycles. The SMILES string of the molecule is CCOC(=O)[C@H]1C[C@]2(C[N@]2S(=O)(=O)c2ccc(C)cc2)C(=O)N1B(C)O. The van der Waals surface area contributed by atoms with Crippen molar-refractivity contribution < 1.29 is 27.8 Å². The average molecular weight is 380 g/mol. The smallest absolute Gasteiger partial charge is 0.412 e. The molecule has 0 unspecified atom stereocenters. The second-order valence-corrected chi connectivity index (χ2v) is 8.53. The van der Waals surface area contributed by atoms with E-state index < -0.39 is 40.5 Å². The Bertz CT molecular complexity index is 841. The molecule has 1 spiro atoms. The van der Waals surface area contributed by atoms with Crippen LogP contribution in [0.4, 0.5) is 0 Å². The lowest BCUT2D eigenvalue weighted by atomic mass is 9.84. The Morgan fingerprint density at radius 3 is 2.54 bits per heavy atom. The Morgan fingerprint density at radius 2 is 2.00 bits per heavy atom. The van der Waals surface area contributed by atoms with Crippen LogP contribution in [0.15, 0.2) is 29.2 Å². The van der Waals surface area contributed by atoms with Crippen LogP contribution in [0.5, 0.6) is 0 Å². The molecule has 2 fully saturated rings. The maximum Gasteiger partial charge on any atom is 0.412 e. The third-order valence-electron chi connectivity index (χ3n) is 4.85. The van der Waals surface area contributed by atoms with Crippen LogP contribution < -0.4 is 0 Å². The van der Waals surface area contributed by atoms with Gasteiger partial charge in [-0.1, -0.05) is 17.7 Å². The van der Waals surface area contributed by atoms with Crippen LogP contribution in [-0.2, 0) is 24.3 Å². The van der Waals surface area contributed by atoms with E-state index in [1.165, 1.54) is 19.0 Å². The summed E-state index contributed by atoms with van der Waals surface area (Å²) in [5.74, 6) is -1.21. The number of ether oxygens (including phenoxy) is 1. The number of carbonyl (C=O) groups is 2. The van der Waals surface area contributed by atoms with Gasteiger partial charge in [0, 0.05) is 13.0 Å². The van der Waals surface area contributed by atoms with Crippen molar-refractivity contribution in [3.63, 3.8) is 0 Å². The molecule has 1 aromatic carbocycles. The Hall–Kier alpha value is -1.91. The van der Waals surface area contributed by atoms with Crippen LogP contribution in [0.1, 0.15) is 18.9 Å². The molecule has 3 rings (SSSR count). The molecule has 1 N–H and O–H groups in total. The van der Waals surface area contributed by atoms with Crippen molar-refractivity contribution in [1.82, 2.24) is 9.12 Å². The Morgan fingerprint density at radius 1 is 1.38 bits per heavy atom. The van der Waals surface area contributed by atoms with Crippen molar-refractivity contribution in [2.45, 2.75) is 43.6 Å². The first-order valence-corrected chi connectivity index (χ1v) is 9.86. The van der Waals surface area contributed by atoms with Crippen molar-refractivity contribution in [1.29, 1.82) is 0 Å². The van der Waals surface area contributed by atoms with E-state index in [2.05, 4.69) is 0 Å². The van der Waals surface area contributed by atoms with Crippen LogP contribution >= 0.6 is 0 Å². The van der Waals surface area contributed by atoms with Crippen LogP contribution in [0.2, 0.25) is 6.82 Å². The molecule has 26 heavy (non-hydrogen) atoms. The van der Waals surface area contributed by atoms with Gasteiger partial charge in [0.25, 0.3) is 0 Å². The molecule has 0 saturated carbocycles. The molecule has 2 heterocycles. The van der Waals surface area contributed by atoms with Crippen LogP contribution in [-0.4, -0.2) is 66.2 Å². The molecular formula is C16H21BN2O6S. The maximum atomic E-state index is 12.9. The normalized spacial score (nSPS) is 27.7. The van der Waals surface area contributed by atoms with Crippen molar-refractivity contribution in [3.05, 3.63) is 29.8 Å². The predicted molar refractivity (Wildman–Crippen MR) is 93.5 cm³/mol. The van der Waals surface area contributed by atoms with Gasteiger partial charge in [-0.15, -0.1) is 0 Å². The van der Waals surface area contributed by atoms with Crippen molar-refractivity contribution in [3.8, 4) is 0 Å². The highest BCUT2D eigenvalue weighted by molar-refractivity contribution is 7.89. The van der Waals surface area contributed by atoms with Gasteiger partial charge in [0.05, 0.1) is 11.5 Å². The van der Waals surface area contributed by atoms with Gasteiger partial charge in [-0.3, -0.25) is 4.79 Å². The molecule has 1 amide bonds. The molecule has 0 bridgehead atoms. The first-order valence-electron chi connectivity index (χ1n) is 8.42. The second-order valence-electron chi connectivity index (χ2n) is 6.67. The lowest BCUT2D eigenvalue weighted by Gasteiger charge is -2.23. The van der Waals surface area contributed by atoms with E-state index >= 15 is 0 Å². The van der Waals surface area contributed by atoms with E-state index in [9.17, 15) is 23.0 Å². The number of rotatable bonds is 5. The van der Waals surface area contributed by atoms with E-state index in [-0.39, 0.29) is 24.5 Å². The van der Waals surface area contributed by atoms with Gasteiger partial charge in [0.1, 0.15) is 11.6 Å². The minimum atomic E-state index is -3.87. The van der Waals surface area contributed by atoms with Gasteiger partial charge >= 0.3 is 13.0 Å². The molecule has 8 nitrogen and oxygen atoms in total. The van der Waals surface area contributed by atoms with Crippen molar-refractivity contribution >= 4 is 29.0 Å². The fourth-order valence-electron chi connectivity index (χ4n) is 3.45. The van der Waals surface area contributed by atoms with Gasteiger partial charge in [0.2, 0.25) is 15.9 Å². The molecule has 0 aliphatic carbocycles. The van der Waals surface area contributed by atoms with Crippen molar-refractivity contribution in [2.24, 2.45) is 0 Å². The minimum Gasteiger partial charge on any atom is -0.464 e. The summed E-state index contributed by atoms with van der Waals surface area (Å²) in [6.07, 6.45) is -0.0271. The summed E-state index contributed by atoms with van der Waals surface area (Å²) < 4.78 is 31.8. The highest BCUT2D eigenvalue weighted by Crippen LogP contribution is 2.48. The molecule has 1 aromatic rings. The Balaban J connectivity index is 1.91. The first-order chi connectivity index (χ1) is 12.1. The molecule has 10 heteroatoms. The van der Waals surface area contributed by atoms with Crippen LogP contribution in [0.3, 0.4) is 0 Å². The van der Waals surface area contributed by atoms with Crippen LogP contribution in [0, 0.1) is 6.92 Å². The number of hydrogen-bond acceptors (Lipinski definition) is 6. The van der Waals surface area contributed by atoms with Gasteiger partial charge in [-0.2, -0.15) is 4.31 Å². The largest absolute Gasteiger partial charge is 0.464 e. The van der Waals surface area contributed by atoms with Crippen LogP contribution in [0.25, 0.3) is 0 Å². The zero-order valence-electron chi connectivity index (χ0n) is 14.9. The number of esters is 1.